The molecular formula is C14H17F2NO4. The number of benzene rings is 1. The molecule has 0 fully saturated rings. The van der Waals surface area contributed by atoms with E-state index in [9.17, 15) is 18.4 Å². The van der Waals surface area contributed by atoms with Gasteiger partial charge in [0.1, 0.15) is 11.6 Å². The van der Waals surface area contributed by atoms with Crippen LogP contribution in [0.5, 0.6) is 0 Å². The van der Waals surface area contributed by atoms with Crippen molar-refractivity contribution in [2.45, 2.75) is 32.4 Å². The lowest BCUT2D eigenvalue weighted by Gasteiger charge is -2.22. The van der Waals surface area contributed by atoms with Gasteiger partial charge in [-0.1, -0.05) is 6.07 Å². The standard InChI is InChI=1S/C14H17F2NO4/c1-14(2,3)21-13(19)11(17)7-5-6-8(12(18)20-4)10(16)9(7)15/h5-6,11H,17H2,1-4H3. The number of rotatable bonds is 3. The van der Waals surface area contributed by atoms with Gasteiger partial charge >= 0.3 is 11.9 Å². The Morgan fingerprint density at radius 1 is 1.19 bits per heavy atom. The van der Waals surface area contributed by atoms with Gasteiger partial charge in [0.2, 0.25) is 0 Å². The second-order valence-electron chi connectivity index (χ2n) is 5.33. The van der Waals surface area contributed by atoms with Crippen molar-refractivity contribution >= 4 is 11.9 Å². The van der Waals surface area contributed by atoms with Gasteiger partial charge in [0.25, 0.3) is 0 Å². The van der Waals surface area contributed by atoms with Crippen molar-refractivity contribution < 1.29 is 27.8 Å². The summed E-state index contributed by atoms with van der Waals surface area (Å²) in [6.45, 7) is 4.86. The van der Waals surface area contributed by atoms with E-state index < -0.39 is 46.3 Å². The van der Waals surface area contributed by atoms with Crippen LogP contribution < -0.4 is 5.73 Å². The molecule has 1 rings (SSSR count). The molecule has 2 N–H and O–H groups in total. The average molecular weight is 301 g/mol. The zero-order valence-electron chi connectivity index (χ0n) is 12.2. The Kier molecular flexibility index (Phi) is 5.01. The van der Waals surface area contributed by atoms with E-state index in [1.807, 2.05) is 0 Å². The first-order chi connectivity index (χ1) is 9.58. The molecule has 1 aromatic rings. The zero-order chi connectivity index (χ0) is 16.4. The first-order valence-electron chi connectivity index (χ1n) is 6.13. The van der Waals surface area contributed by atoms with Gasteiger partial charge in [-0.15, -0.1) is 0 Å². The lowest BCUT2D eigenvalue weighted by molar-refractivity contribution is -0.156. The normalized spacial score (nSPS) is 12.7. The van der Waals surface area contributed by atoms with Gasteiger partial charge in [-0.25, -0.2) is 18.4 Å². The SMILES string of the molecule is COC(=O)c1ccc(C(N)C(=O)OC(C)(C)C)c(F)c1F. The van der Waals surface area contributed by atoms with Crippen molar-refractivity contribution in [1.29, 1.82) is 0 Å². The number of nitrogens with two attached hydrogens (primary N) is 1. The Morgan fingerprint density at radius 3 is 2.24 bits per heavy atom. The van der Waals surface area contributed by atoms with Gasteiger partial charge in [0.15, 0.2) is 11.6 Å². The Labute approximate surface area is 121 Å². The molecule has 7 heteroatoms. The highest BCUT2D eigenvalue weighted by atomic mass is 19.2. The Morgan fingerprint density at radius 2 is 1.76 bits per heavy atom. The first kappa shape index (κ1) is 17.0. The Hall–Kier alpha value is -2.02. The number of esters is 2. The molecule has 0 radical (unpaired) electrons. The lowest BCUT2D eigenvalue weighted by Crippen LogP contribution is -2.32. The highest BCUT2D eigenvalue weighted by Crippen LogP contribution is 2.23. The van der Waals surface area contributed by atoms with Gasteiger partial charge in [0.05, 0.1) is 12.7 Å². The van der Waals surface area contributed by atoms with E-state index >= 15 is 0 Å². The van der Waals surface area contributed by atoms with Crippen LogP contribution in [0.1, 0.15) is 42.7 Å². The van der Waals surface area contributed by atoms with Crippen LogP contribution in [0.4, 0.5) is 8.78 Å². The van der Waals surface area contributed by atoms with Gasteiger partial charge in [-0.05, 0) is 26.8 Å². The monoisotopic (exact) mass is 301 g/mol. The summed E-state index contributed by atoms with van der Waals surface area (Å²) in [5.41, 5.74) is 3.80. The summed E-state index contributed by atoms with van der Waals surface area (Å²) >= 11 is 0. The highest BCUT2D eigenvalue weighted by Gasteiger charge is 2.28. The smallest absolute Gasteiger partial charge is 0.340 e. The second-order valence-corrected chi connectivity index (χ2v) is 5.33. The number of ether oxygens (including phenoxy) is 2. The molecule has 0 aromatic heterocycles. The summed E-state index contributed by atoms with van der Waals surface area (Å²) in [6, 6.07) is 0.564. The summed E-state index contributed by atoms with van der Waals surface area (Å²) in [4.78, 5) is 23.0. The summed E-state index contributed by atoms with van der Waals surface area (Å²) in [7, 11) is 1.04. The molecule has 0 saturated heterocycles. The van der Waals surface area contributed by atoms with E-state index in [1.54, 1.807) is 20.8 Å². The molecule has 1 atom stereocenters. The maximum absolute atomic E-state index is 13.9. The Balaban J connectivity index is 3.12. The number of halogens is 2. The summed E-state index contributed by atoms with van der Waals surface area (Å²) in [6.07, 6.45) is 0. The molecule has 0 saturated carbocycles. The highest BCUT2D eigenvalue weighted by molar-refractivity contribution is 5.90. The predicted molar refractivity (Wildman–Crippen MR) is 70.5 cm³/mol. The third-order valence-electron chi connectivity index (χ3n) is 2.51. The number of methoxy groups -OCH3 is 1. The number of carbonyl (C=O) groups is 2. The molecule has 0 spiro atoms. The van der Waals surface area contributed by atoms with E-state index in [-0.39, 0.29) is 0 Å². The zero-order valence-corrected chi connectivity index (χ0v) is 12.2. The molecule has 0 amide bonds. The van der Waals surface area contributed by atoms with Gasteiger partial charge < -0.3 is 15.2 Å². The topological polar surface area (TPSA) is 78.6 Å². The molecule has 0 heterocycles. The first-order valence-corrected chi connectivity index (χ1v) is 6.13. The molecule has 0 aliphatic rings. The van der Waals surface area contributed by atoms with Crippen molar-refractivity contribution in [1.82, 2.24) is 0 Å². The van der Waals surface area contributed by atoms with Crippen molar-refractivity contribution in [2.24, 2.45) is 5.73 Å². The molecule has 21 heavy (non-hydrogen) atoms. The van der Waals surface area contributed by atoms with Crippen LogP contribution in [0.15, 0.2) is 12.1 Å². The summed E-state index contributed by atoms with van der Waals surface area (Å²) in [5.74, 6) is -4.72. The van der Waals surface area contributed by atoms with Gasteiger partial charge in [-0.3, -0.25) is 0 Å². The number of carbonyl (C=O) groups excluding carboxylic acids is 2. The molecule has 1 unspecified atom stereocenters. The van der Waals surface area contributed by atoms with Crippen molar-refractivity contribution in [3.05, 3.63) is 34.9 Å². The van der Waals surface area contributed by atoms with E-state index in [0.29, 0.717) is 0 Å². The summed E-state index contributed by atoms with van der Waals surface area (Å²) in [5, 5.41) is 0. The molecular weight excluding hydrogens is 284 g/mol. The maximum atomic E-state index is 13.9. The predicted octanol–water partition coefficient (Wildman–Crippen LogP) is 2.09. The van der Waals surface area contributed by atoms with Gasteiger partial charge in [0, 0.05) is 5.56 Å². The van der Waals surface area contributed by atoms with Crippen LogP contribution in [0, 0.1) is 11.6 Å². The van der Waals surface area contributed by atoms with Crippen LogP contribution in [0.25, 0.3) is 0 Å². The van der Waals surface area contributed by atoms with Gasteiger partial charge in [-0.2, -0.15) is 0 Å². The van der Waals surface area contributed by atoms with Crippen molar-refractivity contribution in [3.63, 3.8) is 0 Å². The maximum Gasteiger partial charge on any atom is 0.340 e. The van der Waals surface area contributed by atoms with E-state index in [1.165, 1.54) is 0 Å². The fourth-order valence-electron chi connectivity index (χ4n) is 1.56. The number of hydrogen-bond donors (Lipinski definition) is 1. The average Bonchev–Trinajstić information content (AvgIpc) is 2.38. The summed E-state index contributed by atoms with van der Waals surface area (Å²) < 4.78 is 37.0. The molecule has 116 valence electrons. The molecule has 0 aliphatic carbocycles. The van der Waals surface area contributed by atoms with Crippen LogP contribution in [0.3, 0.4) is 0 Å². The minimum Gasteiger partial charge on any atom is -0.465 e. The van der Waals surface area contributed by atoms with Crippen LogP contribution in [-0.4, -0.2) is 24.6 Å². The third kappa shape index (κ3) is 3.98. The van der Waals surface area contributed by atoms with E-state index in [2.05, 4.69) is 4.74 Å². The van der Waals surface area contributed by atoms with E-state index in [0.717, 1.165) is 19.2 Å². The van der Waals surface area contributed by atoms with Crippen LogP contribution >= 0.6 is 0 Å². The number of hydrogen-bond acceptors (Lipinski definition) is 5. The van der Waals surface area contributed by atoms with Crippen LogP contribution in [0.2, 0.25) is 0 Å². The quantitative estimate of drug-likeness (QED) is 0.865. The Bertz CT molecular complexity index is 567. The molecule has 0 aliphatic heterocycles. The third-order valence-corrected chi connectivity index (χ3v) is 2.51. The minimum atomic E-state index is -1.49. The van der Waals surface area contributed by atoms with E-state index in [4.69, 9.17) is 10.5 Å². The molecule has 5 nitrogen and oxygen atoms in total. The second kappa shape index (κ2) is 6.17. The fourth-order valence-corrected chi connectivity index (χ4v) is 1.56. The van der Waals surface area contributed by atoms with Crippen molar-refractivity contribution in [2.75, 3.05) is 7.11 Å². The van der Waals surface area contributed by atoms with Crippen molar-refractivity contribution in [3.8, 4) is 0 Å². The van der Waals surface area contributed by atoms with Crippen LogP contribution in [-0.2, 0) is 14.3 Å². The minimum absolute atomic E-state index is 0.394. The molecule has 1 aromatic carbocycles. The lowest BCUT2D eigenvalue weighted by atomic mass is 10.0. The largest absolute Gasteiger partial charge is 0.465 e. The molecule has 0 bridgehead atoms. The fraction of sp³-hybridized carbons (Fsp3) is 0.429.